The maximum Gasteiger partial charge on any atom is 0.263 e. The highest BCUT2D eigenvalue weighted by Gasteiger charge is 2.32. The van der Waals surface area contributed by atoms with E-state index in [-0.39, 0.29) is 11.7 Å². The third kappa shape index (κ3) is 3.35. The second kappa shape index (κ2) is 6.89. The molecule has 0 bridgehead atoms. The van der Waals surface area contributed by atoms with Gasteiger partial charge in [0.05, 0.1) is 4.88 Å². The second-order valence-corrected chi connectivity index (χ2v) is 8.39. The number of benzene rings is 1. The van der Waals surface area contributed by atoms with Crippen LogP contribution in [0.15, 0.2) is 30.3 Å². The van der Waals surface area contributed by atoms with Crippen molar-refractivity contribution in [3.05, 3.63) is 45.9 Å². The summed E-state index contributed by atoms with van der Waals surface area (Å²) < 4.78 is 13.2. The van der Waals surface area contributed by atoms with Crippen LogP contribution in [0.3, 0.4) is 0 Å². The molecule has 2 aliphatic rings. The fourth-order valence-electron chi connectivity index (χ4n) is 4.08. The molecule has 1 N–H and O–H groups in total. The highest BCUT2D eigenvalue weighted by molar-refractivity contribution is 7.14. The summed E-state index contributed by atoms with van der Waals surface area (Å²) in [5.41, 5.74) is 2.00. The third-order valence-corrected chi connectivity index (χ3v) is 6.63. The number of nitrogens with zero attached hydrogens (tertiary/aromatic N) is 1. The molecule has 2 aliphatic heterocycles. The Hall–Kier alpha value is -1.72. The SMILES string of the molecule is Cc1sc(C(=O)N2CC[C@@H]3CNC[C@@H]3CC2)cc1-c1ccc(F)cc1. The molecule has 0 radical (unpaired) electrons. The fraction of sp³-hybridized carbons (Fsp3) is 0.450. The summed E-state index contributed by atoms with van der Waals surface area (Å²) in [6.45, 7) is 5.92. The number of fused-ring (bicyclic) bond motifs is 1. The van der Waals surface area contributed by atoms with E-state index in [1.54, 1.807) is 23.5 Å². The molecule has 132 valence electrons. The van der Waals surface area contributed by atoms with Gasteiger partial charge in [-0.25, -0.2) is 4.39 Å². The van der Waals surface area contributed by atoms with E-state index in [2.05, 4.69) is 5.32 Å². The largest absolute Gasteiger partial charge is 0.338 e. The van der Waals surface area contributed by atoms with E-state index >= 15 is 0 Å². The number of likely N-dealkylation sites (tertiary alicyclic amines) is 1. The van der Waals surface area contributed by atoms with Gasteiger partial charge >= 0.3 is 0 Å². The maximum absolute atomic E-state index is 13.2. The van der Waals surface area contributed by atoms with Crippen molar-refractivity contribution in [2.75, 3.05) is 26.2 Å². The Labute approximate surface area is 151 Å². The first-order chi connectivity index (χ1) is 12.1. The van der Waals surface area contributed by atoms with Crippen molar-refractivity contribution in [2.45, 2.75) is 19.8 Å². The van der Waals surface area contributed by atoms with Gasteiger partial charge in [-0.05, 0) is 74.0 Å². The van der Waals surface area contributed by atoms with Crippen LogP contribution >= 0.6 is 11.3 Å². The van der Waals surface area contributed by atoms with E-state index in [1.807, 2.05) is 17.9 Å². The molecule has 1 aromatic heterocycles. The number of aryl methyl sites for hydroxylation is 1. The van der Waals surface area contributed by atoms with Gasteiger partial charge in [-0.1, -0.05) is 12.1 Å². The Morgan fingerprint density at radius 3 is 2.44 bits per heavy atom. The summed E-state index contributed by atoms with van der Waals surface area (Å²) in [5, 5.41) is 3.47. The average molecular weight is 358 g/mol. The molecule has 4 rings (SSSR count). The number of carbonyl (C=O) groups excluding carboxylic acids is 1. The zero-order valence-corrected chi connectivity index (χ0v) is 15.2. The molecule has 25 heavy (non-hydrogen) atoms. The zero-order chi connectivity index (χ0) is 17.4. The van der Waals surface area contributed by atoms with E-state index in [1.165, 1.54) is 12.1 Å². The molecule has 1 aromatic carbocycles. The van der Waals surface area contributed by atoms with Gasteiger partial charge in [0.25, 0.3) is 5.91 Å². The highest BCUT2D eigenvalue weighted by atomic mass is 32.1. The van der Waals surface area contributed by atoms with E-state index in [0.717, 1.165) is 71.7 Å². The summed E-state index contributed by atoms with van der Waals surface area (Å²) >= 11 is 1.55. The minimum Gasteiger partial charge on any atom is -0.338 e. The van der Waals surface area contributed by atoms with Crippen molar-refractivity contribution >= 4 is 17.2 Å². The van der Waals surface area contributed by atoms with Crippen LogP contribution in [0.5, 0.6) is 0 Å². The van der Waals surface area contributed by atoms with Crippen LogP contribution in [0.4, 0.5) is 4.39 Å². The quantitative estimate of drug-likeness (QED) is 0.882. The molecule has 0 spiro atoms. The topological polar surface area (TPSA) is 32.3 Å². The lowest BCUT2D eigenvalue weighted by Crippen LogP contribution is -2.32. The third-order valence-electron chi connectivity index (χ3n) is 5.59. The molecule has 0 saturated carbocycles. The molecule has 0 aliphatic carbocycles. The summed E-state index contributed by atoms with van der Waals surface area (Å²) in [6, 6.07) is 8.46. The van der Waals surface area contributed by atoms with E-state index in [9.17, 15) is 9.18 Å². The Bertz CT molecular complexity index is 757. The lowest BCUT2D eigenvalue weighted by atomic mass is 9.92. The predicted molar refractivity (Wildman–Crippen MR) is 99.4 cm³/mol. The normalized spacial score (nSPS) is 23.4. The molecular formula is C20H23FN2OS. The van der Waals surface area contributed by atoms with Gasteiger partial charge in [0, 0.05) is 18.0 Å². The number of halogens is 1. The number of rotatable bonds is 2. The zero-order valence-electron chi connectivity index (χ0n) is 14.4. The first-order valence-corrected chi connectivity index (χ1v) is 9.80. The van der Waals surface area contributed by atoms with Crippen molar-refractivity contribution in [2.24, 2.45) is 11.8 Å². The molecule has 2 aromatic rings. The molecule has 1 amide bonds. The van der Waals surface area contributed by atoms with E-state index in [0.29, 0.717) is 0 Å². The van der Waals surface area contributed by atoms with Crippen LogP contribution < -0.4 is 5.32 Å². The molecule has 0 unspecified atom stereocenters. The van der Waals surface area contributed by atoms with Gasteiger partial charge in [0.2, 0.25) is 0 Å². The minimum atomic E-state index is -0.238. The summed E-state index contributed by atoms with van der Waals surface area (Å²) in [5.74, 6) is 1.35. The van der Waals surface area contributed by atoms with Crippen molar-refractivity contribution in [1.82, 2.24) is 10.2 Å². The Morgan fingerprint density at radius 2 is 1.80 bits per heavy atom. The Balaban J connectivity index is 1.52. The molecule has 2 fully saturated rings. The lowest BCUT2D eigenvalue weighted by Gasteiger charge is -2.20. The summed E-state index contributed by atoms with van der Waals surface area (Å²) in [7, 11) is 0. The van der Waals surface area contributed by atoms with Gasteiger partial charge in [-0.3, -0.25) is 4.79 Å². The monoisotopic (exact) mass is 358 g/mol. The van der Waals surface area contributed by atoms with Gasteiger partial charge in [-0.2, -0.15) is 0 Å². The van der Waals surface area contributed by atoms with Crippen LogP contribution in [0, 0.1) is 24.6 Å². The van der Waals surface area contributed by atoms with Crippen molar-refractivity contribution in [1.29, 1.82) is 0 Å². The smallest absolute Gasteiger partial charge is 0.263 e. The van der Waals surface area contributed by atoms with Crippen LogP contribution in [0.2, 0.25) is 0 Å². The fourth-order valence-corrected chi connectivity index (χ4v) is 5.09. The van der Waals surface area contributed by atoms with Gasteiger partial charge in [0.15, 0.2) is 0 Å². The van der Waals surface area contributed by atoms with Gasteiger partial charge < -0.3 is 10.2 Å². The van der Waals surface area contributed by atoms with E-state index in [4.69, 9.17) is 0 Å². The van der Waals surface area contributed by atoms with Gasteiger partial charge in [-0.15, -0.1) is 11.3 Å². The summed E-state index contributed by atoms with van der Waals surface area (Å²) in [6.07, 6.45) is 2.19. The molecule has 2 saturated heterocycles. The number of thiophene rings is 1. The standard InChI is InChI=1S/C20H23FN2OS/c1-13-18(14-2-4-17(21)5-3-14)10-19(25-13)20(24)23-8-6-15-11-22-12-16(15)7-9-23/h2-5,10,15-16,22H,6-9,11-12H2,1H3/t15-,16+. The average Bonchev–Trinajstić information content (AvgIpc) is 3.17. The van der Waals surface area contributed by atoms with Crippen LogP contribution in [-0.4, -0.2) is 37.0 Å². The van der Waals surface area contributed by atoms with Crippen molar-refractivity contribution in [3.63, 3.8) is 0 Å². The molecule has 3 heterocycles. The maximum atomic E-state index is 13.2. The Kier molecular flexibility index (Phi) is 4.61. The molecule has 2 atom stereocenters. The molecular weight excluding hydrogens is 335 g/mol. The van der Waals surface area contributed by atoms with Gasteiger partial charge in [0.1, 0.15) is 5.82 Å². The predicted octanol–water partition coefficient (Wildman–Crippen LogP) is 3.93. The lowest BCUT2D eigenvalue weighted by molar-refractivity contribution is 0.0763. The van der Waals surface area contributed by atoms with Crippen LogP contribution in [-0.2, 0) is 0 Å². The number of carbonyl (C=O) groups is 1. The molecule has 3 nitrogen and oxygen atoms in total. The molecule has 5 heteroatoms. The summed E-state index contributed by atoms with van der Waals surface area (Å²) in [4.78, 5) is 16.9. The number of nitrogens with one attached hydrogen (secondary N) is 1. The first-order valence-electron chi connectivity index (χ1n) is 8.98. The first kappa shape index (κ1) is 16.7. The number of hydrogen-bond donors (Lipinski definition) is 1. The number of hydrogen-bond acceptors (Lipinski definition) is 3. The van der Waals surface area contributed by atoms with Crippen molar-refractivity contribution in [3.8, 4) is 11.1 Å². The highest BCUT2D eigenvalue weighted by Crippen LogP contribution is 2.33. The second-order valence-electron chi connectivity index (χ2n) is 7.14. The number of amides is 1. The van der Waals surface area contributed by atoms with Crippen LogP contribution in [0.1, 0.15) is 27.4 Å². The van der Waals surface area contributed by atoms with Crippen LogP contribution in [0.25, 0.3) is 11.1 Å². The minimum absolute atomic E-state index is 0.148. The Morgan fingerprint density at radius 1 is 1.16 bits per heavy atom. The van der Waals surface area contributed by atoms with Crippen molar-refractivity contribution < 1.29 is 9.18 Å². The van der Waals surface area contributed by atoms with E-state index < -0.39 is 0 Å².